The van der Waals surface area contributed by atoms with Crippen LogP contribution in [0.2, 0.25) is 0 Å². The minimum Gasteiger partial charge on any atom is -0.497 e. The molecule has 152 valence electrons. The van der Waals surface area contributed by atoms with Crippen LogP contribution in [0.4, 0.5) is 5.69 Å². The van der Waals surface area contributed by atoms with Crippen LogP contribution in [0.15, 0.2) is 42.5 Å². The number of hydrogen-bond acceptors (Lipinski definition) is 8. The highest BCUT2D eigenvalue weighted by atomic mass is 16.6. The predicted octanol–water partition coefficient (Wildman–Crippen LogP) is 1.77. The molecular weight excluding hydrogens is 384 g/mol. The van der Waals surface area contributed by atoms with Crippen molar-refractivity contribution in [3.63, 3.8) is 0 Å². The van der Waals surface area contributed by atoms with Crippen molar-refractivity contribution < 1.29 is 33.5 Å². The van der Waals surface area contributed by atoms with Gasteiger partial charge < -0.3 is 19.5 Å². The molecular formula is C19H18N2O8. The molecule has 0 aliphatic rings. The SMILES string of the molecule is COc1ccc(C(=O)COC(=O)CNC(=O)c2cccc([N+](=O)[O-])c2)c(OC)c1. The number of non-ortho nitro benzene ring substituents is 1. The second kappa shape index (κ2) is 9.83. The molecule has 0 heterocycles. The minimum absolute atomic E-state index is 0.0195. The average Bonchev–Trinajstić information content (AvgIpc) is 2.75. The number of ketones is 1. The Labute approximate surface area is 165 Å². The Balaban J connectivity index is 1.88. The van der Waals surface area contributed by atoms with Crippen LogP contribution in [-0.2, 0) is 9.53 Å². The Hall–Kier alpha value is -3.95. The van der Waals surface area contributed by atoms with Crippen molar-refractivity contribution in [3.8, 4) is 11.5 Å². The highest BCUT2D eigenvalue weighted by Crippen LogP contribution is 2.25. The van der Waals surface area contributed by atoms with Gasteiger partial charge in [-0.2, -0.15) is 0 Å². The molecule has 0 spiro atoms. The Morgan fingerprint density at radius 3 is 2.48 bits per heavy atom. The number of nitro groups is 1. The molecule has 10 heteroatoms. The maximum absolute atomic E-state index is 12.2. The number of nitrogens with one attached hydrogen (secondary N) is 1. The number of Topliss-reactive ketones (excluding diaryl/α,β-unsaturated/α-hetero) is 1. The number of ether oxygens (including phenoxy) is 3. The predicted molar refractivity (Wildman–Crippen MR) is 100 cm³/mol. The smallest absolute Gasteiger partial charge is 0.325 e. The lowest BCUT2D eigenvalue weighted by Gasteiger charge is -2.10. The van der Waals surface area contributed by atoms with Gasteiger partial charge in [0.1, 0.15) is 18.0 Å². The van der Waals surface area contributed by atoms with E-state index in [0.29, 0.717) is 5.75 Å². The van der Waals surface area contributed by atoms with Gasteiger partial charge >= 0.3 is 5.97 Å². The van der Waals surface area contributed by atoms with Crippen molar-refractivity contribution in [1.29, 1.82) is 0 Å². The number of hydrogen-bond donors (Lipinski definition) is 1. The summed E-state index contributed by atoms with van der Waals surface area (Å²) < 4.78 is 15.0. The lowest BCUT2D eigenvalue weighted by atomic mass is 10.1. The van der Waals surface area contributed by atoms with Crippen molar-refractivity contribution >= 4 is 23.3 Å². The van der Waals surface area contributed by atoms with Crippen molar-refractivity contribution in [3.05, 3.63) is 63.7 Å². The molecule has 1 amide bonds. The third-order valence-corrected chi connectivity index (χ3v) is 3.79. The van der Waals surface area contributed by atoms with Crippen molar-refractivity contribution in [2.45, 2.75) is 0 Å². The number of carbonyl (C=O) groups excluding carboxylic acids is 3. The first-order valence-electron chi connectivity index (χ1n) is 8.29. The van der Waals surface area contributed by atoms with Gasteiger partial charge in [0.25, 0.3) is 11.6 Å². The molecule has 2 aromatic rings. The molecule has 0 fully saturated rings. The minimum atomic E-state index is -0.843. The highest BCUT2D eigenvalue weighted by molar-refractivity contribution is 6.01. The molecule has 0 atom stereocenters. The summed E-state index contributed by atoms with van der Waals surface area (Å²) in [6.45, 7) is -1.05. The molecule has 0 saturated heterocycles. The van der Waals surface area contributed by atoms with Crippen LogP contribution in [0.3, 0.4) is 0 Å². The average molecular weight is 402 g/mol. The number of amides is 1. The molecule has 0 aromatic heterocycles. The molecule has 2 rings (SSSR count). The van der Waals surface area contributed by atoms with E-state index in [2.05, 4.69) is 5.32 Å². The second-order valence-corrected chi connectivity index (χ2v) is 5.64. The van der Waals surface area contributed by atoms with E-state index in [1.54, 1.807) is 6.07 Å². The standard InChI is InChI=1S/C19H18N2O8/c1-27-14-6-7-15(17(9-14)28-2)16(22)11-29-18(23)10-20-19(24)12-4-3-5-13(8-12)21(25)26/h3-9H,10-11H2,1-2H3,(H,20,24). The zero-order chi connectivity index (χ0) is 21.4. The molecule has 2 aromatic carbocycles. The Kier molecular flexibility index (Phi) is 7.24. The summed E-state index contributed by atoms with van der Waals surface area (Å²) in [6, 6.07) is 9.62. The zero-order valence-electron chi connectivity index (χ0n) is 15.7. The van der Waals surface area contributed by atoms with Crippen LogP contribution < -0.4 is 14.8 Å². The maximum Gasteiger partial charge on any atom is 0.325 e. The Morgan fingerprint density at radius 1 is 1.07 bits per heavy atom. The molecule has 0 radical (unpaired) electrons. The molecule has 0 bridgehead atoms. The molecule has 0 aliphatic heterocycles. The molecule has 0 aliphatic carbocycles. The number of esters is 1. The van der Waals surface area contributed by atoms with Crippen LogP contribution in [0.5, 0.6) is 11.5 Å². The van der Waals surface area contributed by atoms with E-state index < -0.39 is 35.7 Å². The zero-order valence-corrected chi connectivity index (χ0v) is 15.7. The maximum atomic E-state index is 12.2. The lowest BCUT2D eigenvalue weighted by Crippen LogP contribution is -2.31. The van der Waals surface area contributed by atoms with E-state index >= 15 is 0 Å². The van der Waals surface area contributed by atoms with Crippen LogP contribution in [0.25, 0.3) is 0 Å². The molecule has 29 heavy (non-hydrogen) atoms. The van der Waals surface area contributed by atoms with E-state index in [4.69, 9.17) is 14.2 Å². The fraction of sp³-hybridized carbons (Fsp3) is 0.211. The molecule has 10 nitrogen and oxygen atoms in total. The fourth-order valence-corrected chi connectivity index (χ4v) is 2.32. The molecule has 1 N–H and O–H groups in total. The van der Waals surface area contributed by atoms with Crippen LogP contribution >= 0.6 is 0 Å². The van der Waals surface area contributed by atoms with Gasteiger partial charge in [0, 0.05) is 23.8 Å². The molecule has 0 saturated carbocycles. The van der Waals surface area contributed by atoms with Crippen molar-refractivity contribution in [2.75, 3.05) is 27.4 Å². The van der Waals surface area contributed by atoms with Crippen molar-refractivity contribution in [1.82, 2.24) is 5.32 Å². The second-order valence-electron chi connectivity index (χ2n) is 5.64. The van der Waals surface area contributed by atoms with E-state index in [1.165, 1.54) is 44.6 Å². The van der Waals surface area contributed by atoms with Gasteiger partial charge in [-0.1, -0.05) is 6.07 Å². The number of methoxy groups -OCH3 is 2. The van der Waals surface area contributed by atoms with E-state index in [-0.39, 0.29) is 22.6 Å². The first-order chi connectivity index (χ1) is 13.8. The number of nitro benzene ring substituents is 1. The van der Waals surface area contributed by atoms with Gasteiger partial charge in [0.05, 0.1) is 24.7 Å². The van der Waals surface area contributed by atoms with Gasteiger partial charge in [-0.3, -0.25) is 24.5 Å². The van der Waals surface area contributed by atoms with Crippen LogP contribution in [0.1, 0.15) is 20.7 Å². The highest BCUT2D eigenvalue weighted by Gasteiger charge is 2.17. The topological polar surface area (TPSA) is 134 Å². The summed E-state index contributed by atoms with van der Waals surface area (Å²) >= 11 is 0. The number of rotatable bonds is 9. The van der Waals surface area contributed by atoms with Gasteiger partial charge in [0.15, 0.2) is 6.61 Å². The molecule has 0 unspecified atom stereocenters. The quantitative estimate of drug-likeness (QED) is 0.290. The Bertz CT molecular complexity index is 942. The number of carbonyl (C=O) groups is 3. The first-order valence-corrected chi connectivity index (χ1v) is 8.29. The first kappa shape index (κ1) is 21.4. The Morgan fingerprint density at radius 2 is 1.83 bits per heavy atom. The number of benzene rings is 2. The summed E-state index contributed by atoms with van der Waals surface area (Å²) in [4.78, 5) is 46.1. The van der Waals surface area contributed by atoms with E-state index in [0.717, 1.165) is 6.07 Å². The summed E-state index contributed by atoms with van der Waals surface area (Å²) in [7, 11) is 2.86. The summed E-state index contributed by atoms with van der Waals surface area (Å²) in [5, 5.41) is 13.0. The van der Waals surface area contributed by atoms with E-state index in [1.807, 2.05) is 0 Å². The summed E-state index contributed by atoms with van der Waals surface area (Å²) in [5.41, 5.74) is -0.0213. The van der Waals surface area contributed by atoms with Crippen molar-refractivity contribution in [2.24, 2.45) is 0 Å². The van der Waals surface area contributed by atoms with Gasteiger partial charge in [-0.05, 0) is 18.2 Å². The monoisotopic (exact) mass is 402 g/mol. The normalized spacial score (nSPS) is 10.0. The summed E-state index contributed by atoms with van der Waals surface area (Å²) in [6.07, 6.45) is 0. The van der Waals surface area contributed by atoms with Gasteiger partial charge in [-0.25, -0.2) is 0 Å². The lowest BCUT2D eigenvalue weighted by molar-refractivity contribution is -0.384. The van der Waals surface area contributed by atoms with Gasteiger partial charge in [-0.15, -0.1) is 0 Å². The largest absolute Gasteiger partial charge is 0.497 e. The third kappa shape index (κ3) is 5.76. The fourth-order valence-electron chi connectivity index (χ4n) is 2.32. The van der Waals surface area contributed by atoms with Gasteiger partial charge in [0.2, 0.25) is 5.78 Å². The van der Waals surface area contributed by atoms with Crippen LogP contribution in [-0.4, -0.2) is 50.0 Å². The van der Waals surface area contributed by atoms with Crippen LogP contribution in [0, 0.1) is 10.1 Å². The van der Waals surface area contributed by atoms with E-state index in [9.17, 15) is 24.5 Å². The summed E-state index contributed by atoms with van der Waals surface area (Å²) in [5.74, 6) is -1.26. The number of nitrogens with zero attached hydrogens (tertiary/aromatic N) is 1. The third-order valence-electron chi connectivity index (χ3n) is 3.79.